The van der Waals surface area contributed by atoms with E-state index in [1.807, 2.05) is 0 Å². The van der Waals surface area contributed by atoms with Gasteiger partial charge in [0, 0.05) is 13.0 Å². The van der Waals surface area contributed by atoms with Gasteiger partial charge in [0.1, 0.15) is 0 Å². The summed E-state index contributed by atoms with van der Waals surface area (Å²) < 4.78 is 0. The van der Waals surface area contributed by atoms with Crippen LogP contribution in [0.2, 0.25) is 0 Å². The highest BCUT2D eigenvalue weighted by Crippen LogP contribution is 2.50. The first-order valence-electron chi connectivity index (χ1n) is 3.08. The Morgan fingerprint density at radius 2 is 2.25 bits per heavy atom. The van der Waals surface area contributed by atoms with Gasteiger partial charge in [-0.15, -0.1) is 0 Å². The molecule has 1 saturated carbocycles. The smallest absolute Gasteiger partial charge is 0.220 e. The first-order valence-corrected chi connectivity index (χ1v) is 3.08. The molecule has 0 aromatic heterocycles. The Hall–Kier alpha value is -0.530. The molecule has 0 radical (unpaired) electrons. The third-order valence-corrected chi connectivity index (χ3v) is 2.15. The van der Waals surface area contributed by atoms with Crippen LogP contribution in [-0.4, -0.2) is 12.5 Å². The summed E-state index contributed by atoms with van der Waals surface area (Å²) in [5, 5.41) is 2.83. The van der Waals surface area contributed by atoms with Gasteiger partial charge in [-0.25, -0.2) is 0 Å². The van der Waals surface area contributed by atoms with Crippen molar-refractivity contribution in [2.45, 2.75) is 19.3 Å². The lowest BCUT2D eigenvalue weighted by atomic mass is 10.1. The second-order valence-corrected chi connectivity index (χ2v) is 2.95. The van der Waals surface area contributed by atoms with Gasteiger partial charge in [0.2, 0.25) is 5.91 Å². The first-order chi connectivity index (χ1) is 3.81. The zero-order valence-electron chi connectivity index (χ0n) is 4.74. The summed E-state index contributed by atoms with van der Waals surface area (Å²) in [5.74, 6) is 0.252. The molecular weight excluding hydrogens is 102 g/mol. The Kier molecular flexibility index (Phi) is 0.581. The van der Waals surface area contributed by atoms with Crippen molar-refractivity contribution < 1.29 is 4.79 Å². The quantitative estimate of drug-likeness (QED) is 0.478. The van der Waals surface area contributed by atoms with Gasteiger partial charge in [-0.3, -0.25) is 4.79 Å². The molecule has 1 spiro atoms. The van der Waals surface area contributed by atoms with Crippen molar-refractivity contribution in [1.82, 2.24) is 5.32 Å². The first kappa shape index (κ1) is 4.36. The molecule has 0 aromatic rings. The molecule has 0 atom stereocenters. The molecule has 1 N–H and O–H groups in total. The molecule has 0 unspecified atom stereocenters. The van der Waals surface area contributed by atoms with Crippen LogP contribution in [0.5, 0.6) is 0 Å². The van der Waals surface area contributed by atoms with E-state index in [-0.39, 0.29) is 5.91 Å². The molecule has 1 heterocycles. The third kappa shape index (κ3) is 0.457. The van der Waals surface area contributed by atoms with Crippen LogP contribution in [-0.2, 0) is 4.79 Å². The summed E-state index contributed by atoms with van der Waals surface area (Å²) in [7, 11) is 0. The van der Waals surface area contributed by atoms with E-state index in [2.05, 4.69) is 5.32 Å². The predicted octanol–water partition coefficient (Wildman–Crippen LogP) is 0.287. The normalized spacial score (nSPS) is 30.8. The summed E-state index contributed by atoms with van der Waals surface area (Å²) in [4.78, 5) is 10.6. The number of rotatable bonds is 0. The molecule has 8 heavy (non-hydrogen) atoms. The van der Waals surface area contributed by atoms with E-state index in [4.69, 9.17) is 0 Å². The fourth-order valence-corrected chi connectivity index (χ4v) is 1.28. The second kappa shape index (κ2) is 1.07. The maximum atomic E-state index is 10.6. The van der Waals surface area contributed by atoms with Gasteiger partial charge in [-0.1, -0.05) is 0 Å². The van der Waals surface area contributed by atoms with Crippen molar-refractivity contribution in [3.63, 3.8) is 0 Å². The molecule has 1 amide bonds. The Labute approximate surface area is 48.3 Å². The van der Waals surface area contributed by atoms with Crippen LogP contribution in [0, 0.1) is 5.41 Å². The number of carbonyl (C=O) groups excluding carboxylic acids is 1. The van der Waals surface area contributed by atoms with Gasteiger partial charge in [0.05, 0.1) is 0 Å². The molecule has 2 nitrogen and oxygen atoms in total. The predicted molar refractivity (Wildman–Crippen MR) is 29.3 cm³/mol. The molecule has 2 aliphatic rings. The highest BCUT2D eigenvalue weighted by atomic mass is 16.1. The SMILES string of the molecule is O=C1CC2(CC2)CN1. The number of hydrogen-bond donors (Lipinski definition) is 1. The van der Waals surface area contributed by atoms with Gasteiger partial charge in [0.15, 0.2) is 0 Å². The average Bonchev–Trinajstić information content (AvgIpc) is 2.34. The molecule has 44 valence electrons. The van der Waals surface area contributed by atoms with Gasteiger partial charge in [-0.05, 0) is 18.3 Å². The molecule has 2 heteroatoms. The van der Waals surface area contributed by atoms with Crippen molar-refractivity contribution in [2.24, 2.45) is 5.41 Å². The molecule has 1 aliphatic heterocycles. The van der Waals surface area contributed by atoms with Gasteiger partial charge >= 0.3 is 0 Å². The zero-order chi connectivity index (χ0) is 5.61. The molecule has 1 saturated heterocycles. The standard InChI is InChI=1S/C6H9NO/c8-5-3-6(1-2-6)4-7-5/h1-4H2,(H,7,8). The van der Waals surface area contributed by atoms with Gasteiger partial charge in [0.25, 0.3) is 0 Å². The van der Waals surface area contributed by atoms with E-state index in [1.165, 1.54) is 12.8 Å². The van der Waals surface area contributed by atoms with E-state index < -0.39 is 0 Å². The summed E-state index contributed by atoms with van der Waals surface area (Å²) in [6, 6.07) is 0. The van der Waals surface area contributed by atoms with E-state index in [0.717, 1.165) is 13.0 Å². The molecule has 0 aromatic carbocycles. The summed E-state index contributed by atoms with van der Waals surface area (Å²) >= 11 is 0. The van der Waals surface area contributed by atoms with Crippen LogP contribution < -0.4 is 5.32 Å². The summed E-state index contributed by atoms with van der Waals surface area (Å²) in [6.45, 7) is 0.950. The van der Waals surface area contributed by atoms with Crippen LogP contribution in [0.25, 0.3) is 0 Å². The molecule has 0 bridgehead atoms. The lowest BCUT2D eigenvalue weighted by Crippen LogP contribution is -2.13. The van der Waals surface area contributed by atoms with Crippen molar-refractivity contribution in [2.75, 3.05) is 6.54 Å². The van der Waals surface area contributed by atoms with Crippen LogP contribution in [0.15, 0.2) is 0 Å². The Morgan fingerprint density at radius 1 is 1.50 bits per heavy atom. The topological polar surface area (TPSA) is 29.1 Å². The average molecular weight is 111 g/mol. The highest BCUT2D eigenvalue weighted by molar-refractivity contribution is 5.79. The molecule has 1 aliphatic carbocycles. The monoisotopic (exact) mass is 111 g/mol. The Morgan fingerprint density at radius 3 is 2.50 bits per heavy atom. The minimum atomic E-state index is 0.252. The Bertz CT molecular complexity index is 137. The van der Waals surface area contributed by atoms with Gasteiger partial charge in [-0.2, -0.15) is 0 Å². The number of carbonyl (C=O) groups is 1. The number of nitrogens with one attached hydrogen (secondary N) is 1. The van der Waals surface area contributed by atoms with Crippen molar-refractivity contribution in [1.29, 1.82) is 0 Å². The minimum absolute atomic E-state index is 0.252. The highest BCUT2D eigenvalue weighted by Gasteiger charge is 2.48. The second-order valence-electron chi connectivity index (χ2n) is 2.95. The Balaban J connectivity index is 2.13. The van der Waals surface area contributed by atoms with Gasteiger partial charge < -0.3 is 5.32 Å². The lowest BCUT2D eigenvalue weighted by Gasteiger charge is -1.95. The van der Waals surface area contributed by atoms with Crippen molar-refractivity contribution in [3.05, 3.63) is 0 Å². The van der Waals surface area contributed by atoms with Crippen LogP contribution >= 0.6 is 0 Å². The van der Waals surface area contributed by atoms with E-state index >= 15 is 0 Å². The minimum Gasteiger partial charge on any atom is -0.356 e. The van der Waals surface area contributed by atoms with Crippen molar-refractivity contribution in [3.8, 4) is 0 Å². The van der Waals surface area contributed by atoms with E-state index in [0.29, 0.717) is 5.41 Å². The summed E-state index contributed by atoms with van der Waals surface area (Å²) in [6.07, 6.45) is 3.34. The third-order valence-electron chi connectivity index (χ3n) is 2.15. The van der Waals surface area contributed by atoms with Crippen LogP contribution in [0.3, 0.4) is 0 Å². The fraction of sp³-hybridized carbons (Fsp3) is 0.833. The van der Waals surface area contributed by atoms with E-state index in [1.54, 1.807) is 0 Å². The van der Waals surface area contributed by atoms with Crippen molar-refractivity contribution >= 4 is 5.91 Å². The number of amides is 1. The number of hydrogen-bond acceptors (Lipinski definition) is 1. The summed E-state index contributed by atoms with van der Waals surface area (Å²) in [5.41, 5.74) is 0.455. The lowest BCUT2D eigenvalue weighted by molar-refractivity contribution is -0.119. The van der Waals surface area contributed by atoms with Crippen LogP contribution in [0.4, 0.5) is 0 Å². The fourth-order valence-electron chi connectivity index (χ4n) is 1.28. The molecule has 2 rings (SSSR count). The molecular formula is C6H9NO. The zero-order valence-corrected chi connectivity index (χ0v) is 4.74. The van der Waals surface area contributed by atoms with E-state index in [9.17, 15) is 4.79 Å². The molecule has 2 fully saturated rings. The van der Waals surface area contributed by atoms with Crippen LogP contribution in [0.1, 0.15) is 19.3 Å². The largest absolute Gasteiger partial charge is 0.356 e. The maximum absolute atomic E-state index is 10.6. The maximum Gasteiger partial charge on any atom is 0.220 e.